The molecule has 0 radical (unpaired) electrons. The van der Waals surface area contributed by atoms with Crippen molar-refractivity contribution in [3.63, 3.8) is 0 Å². The van der Waals surface area contributed by atoms with E-state index in [9.17, 15) is 9.59 Å². The number of anilines is 2. The Bertz CT molecular complexity index is 805. The zero-order valence-electron chi connectivity index (χ0n) is 15.8. The third-order valence-corrected chi connectivity index (χ3v) is 4.60. The molecule has 0 aromatic heterocycles. The van der Waals surface area contributed by atoms with Crippen LogP contribution >= 0.6 is 0 Å². The molecular formula is C21H25N3O3. The lowest BCUT2D eigenvalue weighted by Gasteiger charge is -2.30. The van der Waals surface area contributed by atoms with Gasteiger partial charge in [0.15, 0.2) is 0 Å². The Hall–Kier alpha value is -2.86. The van der Waals surface area contributed by atoms with Gasteiger partial charge >= 0.3 is 0 Å². The Morgan fingerprint density at radius 3 is 2.59 bits per heavy atom. The Balaban J connectivity index is 1.53. The highest BCUT2D eigenvalue weighted by atomic mass is 16.5. The Morgan fingerprint density at radius 2 is 1.85 bits per heavy atom. The van der Waals surface area contributed by atoms with Crippen LogP contribution in [0, 0.1) is 0 Å². The first-order valence-corrected chi connectivity index (χ1v) is 9.07. The van der Waals surface area contributed by atoms with Gasteiger partial charge in [-0.1, -0.05) is 18.2 Å². The first kappa shape index (κ1) is 18.9. The molecular weight excluding hydrogens is 342 g/mol. The number of methoxy groups -OCH3 is 1. The minimum atomic E-state index is -0.158. The fraction of sp³-hybridized carbons (Fsp3) is 0.333. The van der Waals surface area contributed by atoms with Gasteiger partial charge in [0.25, 0.3) is 0 Å². The second-order valence-electron chi connectivity index (χ2n) is 6.73. The number of fused-ring (bicyclic) bond motifs is 1. The lowest BCUT2D eigenvalue weighted by Crippen LogP contribution is -2.43. The number of para-hydroxylation sites is 1. The predicted molar refractivity (Wildman–Crippen MR) is 106 cm³/mol. The number of carbonyl (C=O) groups is 2. The molecule has 1 N–H and O–H groups in total. The molecule has 0 bridgehead atoms. The van der Waals surface area contributed by atoms with Crippen molar-refractivity contribution in [1.82, 2.24) is 4.90 Å². The molecule has 142 valence electrons. The van der Waals surface area contributed by atoms with E-state index in [0.717, 1.165) is 30.8 Å². The van der Waals surface area contributed by atoms with Crippen LogP contribution < -0.4 is 15.0 Å². The van der Waals surface area contributed by atoms with Gasteiger partial charge in [-0.3, -0.25) is 14.5 Å². The van der Waals surface area contributed by atoms with Gasteiger partial charge in [0.05, 0.1) is 20.2 Å². The lowest BCUT2D eigenvalue weighted by molar-refractivity contribution is -0.121. The van der Waals surface area contributed by atoms with Crippen molar-refractivity contribution in [3.8, 4) is 5.75 Å². The topological polar surface area (TPSA) is 61.9 Å². The normalized spacial score (nSPS) is 13.2. The summed E-state index contributed by atoms with van der Waals surface area (Å²) < 4.78 is 5.10. The van der Waals surface area contributed by atoms with E-state index in [1.54, 1.807) is 43.3 Å². The summed E-state index contributed by atoms with van der Waals surface area (Å²) in [7, 11) is 3.38. The smallest absolute Gasteiger partial charge is 0.241 e. The summed E-state index contributed by atoms with van der Waals surface area (Å²) in [6.07, 6.45) is 1.96. The molecule has 1 heterocycles. The number of nitrogens with zero attached hydrogens (tertiary/aromatic N) is 2. The molecule has 0 saturated heterocycles. The van der Waals surface area contributed by atoms with E-state index >= 15 is 0 Å². The monoisotopic (exact) mass is 367 g/mol. The van der Waals surface area contributed by atoms with Crippen LogP contribution in [0.1, 0.15) is 12.0 Å². The zero-order valence-corrected chi connectivity index (χ0v) is 15.8. The molecule has 2 amide bonds. The maximum absolute atomic E-state index is 12.7. The number of likely N-dealkylation sites (N-methyl/N-ethyl adjacent to an activating group) is 1. The number of nitrogens with one attached hydrogen (secondary N) is 1. The number of benzene rings is 2. The maximum atomic E-state index is 12.7. The van der Waals surface area contributed by atoms with Crippen molar-refractivity contribution in [3.05, 3.63) is 54.1 Å². The fourth-order valence-corrected chi connectivity index (χ4v) is 3.28. The Labute approximate surface area is 159 Å². The molecule has 0 aliphatic carbocycles. The molecule has 1 aliphatic rings. The van der Waals surface area contributed by atoms with Crippen LogP contribution in [-0.4, -0.2) is 50.5 Å². The van der Waals surface area contributed by atoms with Gasteiger partial charge in [-0.2, -0.15) is 0 Å². The molecule has 3 rings (SSSR count). The molecule has 0 fully saturated rings. The number of ether oxygens (including phenoxy) is 1. The number of amides is 2. The van der Waals surface area contributed by atoms with Crippen LogP contribution in [0.25, 0.3) is 0 Å². The standard InChI is InChI=1S/C21H25N3O3/c1-23(14-20(25)22-17-9-11-18(27-2)12-10-17)15-21(26)24-13-5-7-16-6-3-4-8-19(16)24/h3-4,6,8-12H,5,7,13-15H2,1-2H3,(H,22,25). The minimum absolute atomic E-state index is 0.0156. The van der Waals surface area contributed by atoms with E-state index in [-0.39, 0.29) is 24.9 Å². The number of hydrogen-bond acceptors (Lipinski definition) is 4. The summed E-state index contributed by atoms with van der Waals surface area (Å²) in [6, 6.07) is 15.2. The molecule has 6 nitrogen and oxygen atoms in total. The van der Waals surface area contributed by atoms with Crippen LogP contribution in [0.2, 0.25) is 0 Å². The summed E-state index contributed by atoms with van der Waals surface area (Å²) in [5.41, 5.74) is 2.90. The van der Waals surface area contributed by atoms with Gasteiger partial charge in [0.1, 0.15) is 5.75 Å². The number of carbonyl (C=O) groups excluding carboxylic acids is 2. The molecule has 6 heteroatoms. The SMILES string of the molecule is COc1ccc(NC(=O)CN(C)CC(=O)N2CCCc3ccccc32)cc1. The van der Waals surface area contributed by atoms with E-state index < -0.39 is 0 Å². The summed E-state index contributed by atoms with van der Waals surface area (Å²) in [6.45, 7) is 1.07. The van der Waals surface area contributed by atoms with Crippen LogP contribution in [-0.2, 0) is 16.0 Å². The average Bonchev–Trinajstić information content (AvgIpc) is 2.67. The van der Waals surface area contributed by atoms with Crippen molar-refractivity contribution < 1.29 is 14.3 Å². The van der Waals surface area contributed by atoms with Gasteiger partial charge in [-0.05, 0) is 55.8 Å². The third-order valence-electron chi connectivity index (χ3n) is 4.60. The van der Waals surface area contributed by atoms with Crippen LogP contribution in [0.5, 0.6) is 5.75 Å². The summed E-state index contributed by atoms with van der Waals surface area (Å²) in [5, 5.41) is 2.83. The summed E-state index contributed by atoms with van der Waals surface area (Å²) in [4.78, 5) is 28.5. The molecule has 27 heavy (non-hydrogen) atoms. The minimum Gasteiger partial charge on any atom is -0.497 e. The van der Waals surface area contributed by atoms with Crippen molar-refractivity contribution >= 4 is 23.2 Å². The van der Waals surface area contributed by atoms with Crippen LogP contribution in [0.15, 0.2) is 48.5 Å². The molecule has 0 unspecified atom stereocenters. The van der Waals surface area contributed by atoms with Gasteiger partial charge in [-0.25, -0.2) is 0 Å². The Morgan fingerprint density at radius 1 is 1.11 bits per heavy atom. The highest BCUT2D eigenvalue weighted by molar-refractivity contribution is 5.97. The van der Waals surface area contributed by atoms with Crippen LogP contribution in [0.4, 0.5) is 11.4 Å². The predicted octanol–water partition coefficient (Wildman–Crippen LogP) is 2.54. The first-order chi connectivity index (χ1) is 13.1. The molecule has 0 saturated carbocycles. The van der Waals surface area contributed by atoms with E-state index in [4.69, 9.17) is 4.74 Å². The number of hydrogen-bond donors (Lipinski definition) is 1. The fourth-order valence-electron chi connectivity index (χ4n) is 3.28. The molecule has 2 aromatic rings. The average molecular weight is 367 g/mol. The highest BCUT2D eigenvalue weighted by Crippen LogP contribution is 2.26. The van der Waals surface area contributed by atoms with Crippen LogP contribution in [0.3, 0.4) is 0 Å². The van der Waals surface area contributed by atoms with Crippen molar-refractivity contribution in [1.29, 1.82) is 0 Å². The third kappa shape index (κ3) is 4.86. The summed E-state index contributed by atoms with van der Waals surface area (Å²) >= 11 is 0. The van der Waals surface area contributed by atoms with Gasteiger partial charge in [0, 0.05) is 17.9 Å². The summed E-state index contributed by atoms with van der Waals surface area (Å²) in [5.74, 6) is 0.592. The van der Waals surface area contributed by atoms with Crippen molar-refractivity contribution in [2.75, 3.05) is 44.0 Å². The highest BCUT2D eigenvalue weighted by Gasteiger charge is 2.23. The van der Waals surface area contributed by atoms with E-state index in [1.165, 1.54) is 5.56 Å². The van der Waals surface area contributed by atoms with Gasteiger partial charge < -0.3 is 15.0 Å². The first-order valence-electron chi connectivity index (χ1n) is 9.07. The van der Waals surface area contributed by atoms with Crippen molar-refractivity contribution in [2.24, 2.45) is 0 Å². The zero-order chi connectivity index (χ0) is 19.2. The maximum Gasteiger partial charge on any atom is 0.241 e. The number of aryl methyl sites for hydroxylation is 1. The van der Waals surface area contributed by atoms with E-state index in [0.29, 0.717) is 5.69 Å². The second kappa shape index (κ2) is 8.68. The molecule has 1 aliphatic heterocycles. The lowest BCUT2D eigenvalue weighted by atomic mass is 10.0. The molecule has 0 atom stereocenters. The van der Waals surface area contributed by atoms with Crippen molar-refractivity contribution in [2.45, 2.75) is 12.8 Å². The largest absolute Gasteiger partial charge is 0.497 e. The number of rotatable bonds is 6. The van der Waals surface area contributed by atoms with E-state index in [1.807, 2.05) is 23.1 Å². The van der Waals surface area contributed by atoms with Gasteiger partial charge in [0.2, 0.25) is 11.8 Å². The quantitative estimate of drug-likeness (QED) is 0.852. The Kier molecular flexibility index (Phi) is 6.08. The molecule has 0 spiro atoms. The molecule has 2 aromatic carbocycles. The van der Waals surface area contributed by atoms with E-state index in [2.05, 4.69) is 11.4 Å². The van der Waals surface area contributed by atoms with Gasteiger partial charge in [-0.15, -0.1) is 0 Å². The second-order valence-corrected chi connectivity index (χ2v) is 6.73.